The molecule has 4 nitrogen and oxygen atoms in total. The summed E-state index contributed by atoms with van der Waals surface area (Å²) in [6, 6.07) is 4.13. The lowest BCUT2D eigenvalue weighted by Gasteiger charge is -2.30. The van der Waals surface area contributed by atoms with Crippen LogP contribution in [0.4, 0.5) is 0 Å². The lowest BCUT2D eigenvalue weighted by atomic mass is 9.83. The molecule has 43 heavy (non-hydrogen) atoms. The highest BCUT2D eigenvalue weighted by Gasteiger charge is 2.38. The first-order valence-electron chi connectivity index (χ1n) is 18.3. The average Bonchev–Trinajstić information content (AvgIpc) is 2.96. The van der Waals surface area contributed by atoms with E-state index in [-0.39, 0.29) is 11.1 Å². The first kappa shape index (κ1) is 40.2. The molecule has 0 heterocycles. The number of benzene rings is 1. The van der Waals surface area contributed by atoms with Gasteiger partial charge < -0.3 is 14.2 Å². The maximum Gasteiger partial charge on any atom is 0.338 e. The van der Waals surface area contributed by atoms with Gasteiger partial charge >= 0.3 is 7.60 Å². The number of phenolic OH excluding ortho intramolecular Hbond substituents is 1. The van der Waals surface area contributed by atoms with Gasteiger partial charge in [0, 0.05) is 0 Å². The molecular weight excluding hydrogens is 551 g/mol. The Morgan fingerprint density at radius 3 is 1.47 bits per heavy atom. The van der Waals surface area contributed by atoms with Crippen LogP contribution >= 0.6 is 7.60 Å². The zero-order valence-electron chi connectivity index (χ0n) is 29.6. The van der Waals surface area contributed by atoms with Crippen LogP contribution in [0.15, 0.2) is 12.1 Å². The summed E-state index contributed by atoms with van der Waals surface area (Å²) in [5, 5.41) is 11.0. The monoisotopic (exact) mass is 623 g/mol. The fourth-order valence-electron chi connectivity index (χ4n) is 5.92. The van der Waals surface area contributed by atoms with Crippen LogP contribution in [0.25, 0.3) is 0 Å². The molecule has 0 saturated heterocycles. The standard InChI is InChI=1S/C38H71O4P/c1-8-11-14-17-20-21-22-25-28-36(34-31-33(4)37(39)35(32-34)38(5,6)7)43(40,41-29-26-23-18-15-12-9-2)42-30-27-24-19-16-13-10-3/h31-32,36,39H,8-30H2,1-7H3. The summed E-state index contributed by atoms with van der Waals surface area (Å²) in [5.74, 6) is 0.345. The normalized spacial score (nSPS) is 13.1. The van der Waals surface area contributed by atoms with Gasteiger partial charge in [-0.2, -0.15) is 0 Å². The Morgan fingerprint density at radius 1 is 0.651 bits per heavy atom. The number of rotatable bonds is 27. The van der Waals surface area contributed by atoms with Crippen molar-refractivity contribution < 1.29 is 18.7 Å². The fraction of sp³-hybridized carbons (Fsp3) is 0.842. The summed E-state index contributed by atoms with van der Waals surface area (Å²) in [7, 11) is -3.43. The average molecular weight is 623 g/mol. The number of phenols is 1. The quantitative estimate of drug-likeness (QED) is 0.0783. The molecule has 0 aliphatic heterocycles. The highest BCUT2D eigenvalue weighted by Crippen LogP contribution is 2.63. The van der Waals surface area contributed by atoms with E-state index in [0.717, 1.165) is 61.6 Å². The van der Waals surface area contributed by atoms with Crippen molar-refractivity contribution in [2.75, 3.05) is 13.2 Å². The maximum atomic E-state index is 14.9. The molecule has 1 N–H and O–H groups in total. The van der Waals surface area contributed by atoms with E-state index < -0.39 is 7.60 Å². The Balaban J connectivity index is 3.16. The smallest absolute Gasteiger partial charge is 0.338 e. The van der Waals surface area contributed by atoms with Gasteiger partial charge in [0.05, 0.1) is 18.9 Å². The molecule has 0 radical (unpaired) electrons. The molecule has 0 spiro atoms. The van der Waals surface area contributed by atoms with E-state index in [0.29, 0.717) is 19.0 Å². The molecule has 1 unspecified atom stereocenters. The molecule has 1 atom stereocenters. The van der Waals surface area contributed by atoms with Crippen molar-refractivity contribution in [3.8, 4) is 5.75 Å². The van der Waals surface area contributed by atoms with Gasteiger partial charge in [-0.3, -0.25) is 4.57 Å². The summed E-state index contributed by atoms with van der Waals surface area (Å²) in [6.07, 6.45) is 24.7. The van der Waals surface area contributed by atoms with Gasteiger partial charge in [-0.25, -0.2) is 0 Å². The summed E-state index contributed by atoms with van der Waals surface area (Å²) < 4.78 is 27.6. The summed E-state index contributed by atoms with van der Waals surface area (Å²) in [5.41, 5.74) is 2.20. The van der Waals surface area contributed by atoms with Gasteiger partial charge in [-0.05, 0) is 48.3 Å². The van der Waals surface area contributed by atoms with Gasteiger partial charge in [0.15, 0.2) is 0 Å². The van der Waals surface area contributed by atoms with E-state index in [9.17, 15) is 9.67 Å². The first-order valence-corrected chi connectivity index (χ1v) is 19.9. The van der Waals surface area contributed by atoms with Crippen LogP contribution in [0.2, 0.25) is 0 Å². The topological polar surface area (TPSA) is 55.8 Å². The molecule has 0 aliphatic rings. The molecule has 1 aromatic rings. The summed E-state index contributed by atoms with van der Waals surface area (Å²) >= 11 is 0. The van der Waals surface area contributed by atoms with E-state index in [1.54, 1.807) is 0 Å². The van der Waals surface area contributed by atoms with E-state index in [4.69, 9.17) is 9.05 Å². The summed E-state index contributed by atoms with van der Waals surface area (Å²) in [4.78, 5) is 0. The molecule has 0 saturated carbocycles. The third-order valence-electron chi connectivity index (χ3n) is 8.77. The van der Waals surface area contributed by atoms with Crippen molar-refractivity contribution in [3.05, 3.63) is 28.8 Å². The summed E-state index contributed by atoms with van der Waals surface area (Å²) in [6.45, 7) is 16.0. The third kappa shape index (κ3) is 16.9. The number of aromatic hydroxyl groups is 1. The molecule has 0 amide bonds. The third-order valence-corrected chi connectivity index (χ3v) is 11.2. The van der Waals surface area contributed by atoms with Crippen LogP contribution < -0.4 is 0 Å². The second-order valence-electron chi connectivity index (χ2n) is 14.0. The number of hydrogen-bond acceptors (Lipinski definition) is 4. The predicted molar refractivity (Wildman–Crippen MR) is 188 cm³/mol. The van der Waals surface area contributed by atoms with Crippen molar-refractivity contribution in [1.82, 2.24) is 0 Å². The zero-order chi connectivity index (χ0) is 32.0. The number of aryl methyl sites for hydroxylation is 1. The zero-order valence-corrected chi connectivity index (χ0v) is 30.5. The molecule has 0 aliphatic carbocycles. The van der Waals surface area contributed by atoms with Crippen LogP contribution in [-0.4, -0.2) is 18.3 Å². The Hall–Kier alpha value is -0.830. The second kappa shape index (κ2) is 23.5. The van der Waals surface area contributed by atoms with E-state index in [1.165, 1.54) is 89.9 Å². The highest BCUT2D eigenvalue weighted by molar-refractivity contribution is 7.54. The molecule has 0 fully saturated rings. The van der Waals surface area contributed by atoms with Crippen molar-refractivity contribution in [1.29, 1.82) is 0 Å². The van der Waals surface area contributed by atoms with E-state index >= 15 is 0 Å². The van der Waals surface area contributed by atoms with Gasteiger partial charge in [0.25, 0.3) is 0 Å². The largest absolute Gasteiger partial charge is 0.507 e. The molecule has 1 aromatic carbocycles. The lowest BCUT2D eigenvalue weighted by molar-refractivity contribution is 0.188. The highest BCUT2D eigenvalue weighted by atomic mass is 31.2. The van der Waals surface area contributed by atoms with Crippen LogP contribution in [0, 0.1) is 6.92 Å². The minimum Gasteiger partial charge on any atom is -0.507 e. The van der Waals surface area contributed by atoms with Gasteiger partial charge in [0.1, 0.15) is 5.75 Å². The lowest BCUT2D eigenvalue weighted by Crippen LogP contribution is -2.15. The van der Waals surface area contributed by atoms with Gasteiger partial charge in [0.2, 0.25) is 0 Å². The van der Waals surface area contributed by atoms with Gasteiger partial charge in [-0.15, -0.1) is 0 Å². The number of hydrogen-bond donors (Lipinski definition) is 1. The Morgan fingerprint density at radius 2 is 1.05 bits per heavy atom. The SMILES string of the molecule is CCCCCCCCCCC(c1cc(C)c(O)c(C(C)(C)C)c1)P(=O)(OCCCCCCCC)OCCCCCCCC. The molecule has 252 valence electrons. The van der Waals surface area contributed by atoms with Crippen LogP contribution in [0.5, 0.6) is 5.75 Å². The molecular formula is C38H71O4P. The van der Waals surface area contributed by atoms with Crippen molar-refractivity contribution in [2.45, 2.75) is 194 Å². The van der Waals surface area contributed by atoms with E-state index in [1.807, 2.05) is 13.0 Å². The maximum absolute atomic E-state index is 14.9. The molecule has 0 bridgehead atoms. The Bertz CT molecular complexity index is 853. The minimum absolute atomic E-state index is 0.226. The fourth-order valence-corrected chi connectivity index (χ4v) is 8.13. The second-order valence-corrected chi connectivity index (χ2v) is 16.2. The van der Waals surface area contributed by atoms with Crippen molar-refractivity contribution in [3.63, 3.8) is 0 Å². The van der Waals surface area contributed by atoms with E-state index in [2.05, 4.69) is 47.6 Å². The number of unbranched alkanes of at least 4 members (excludes halogenated alkanes) is 17. The van der Waals surface area contributed by atoms with Crippen LogP contribution in [0.1, 0.15) is 199 Å². The Labute approximate surface area is 268 Å². The molecule has 5 heteroatoms. The first-order chi connectivity index (χ1) is 20.6. The minimum atomic E-state index is -3.43. The Kier molecular flexibility index (Phi) is 22.0. The molecule has 0 aromatic heterocycles. The van der Waals surface area contributed by atoms with Crippen molar-refractivity contribution in [2.24, 2.45) is 0 Å². The van der Waals surface area contributed by atoms with Gasteiger partial charge in [-0.1, -0.05) is 169 Å². The molecule has 1 rings (SSSR count). The van der Waals surface area contributed by atoms with Crippen LogP contribution in [-0.2, 0) is 19.0 Å². The predicted octanol–water partition coefficient (Wildman–Crippen LogP) is 13.5. The van der Waals surface area contributed by atoms with Crippen LogP contribution in [0.3, 0.4) is 0 Å². The van der Waals surface area contributed by atoms with Crippen molar-refractivity contribution >= 4 is 7.60 Å².